The topological polar surface area (TPSA) is 70.8 Å². The number of nitrogens with one attached hydrogen (secondary N) is 1. The molecule has 102 valence electrons. The molecule has 0 aliphatic rings. The number of hydrogen-bond acceptors (Lipinski definition) is 5. The highest BCUT2D eigenvalue weighted by atomic mass is 16.5. The van der Waals surface area contributed by atoms with Crippen molar-refractivity contribution in [3.63, 3.8) is 0 Å². The summed E-state index contributed by atoms with van der Waals surface area (Å²) >= 11 is 0. The van der Waals surface area contributed by atoms with Gasteiger partial charge in [-0.05, 0) is 24.6 Å². The van der Waals surface area contributed by atoms with E-state index in [0.717, 1.165) is 24.5 Å². The van der Waals surface area contributed by atoms with Crippen molar-refractivity contribution in [2.24, 2.45) is 0 Å². The minimum absolute atomic E-state index is 0.329. The van der Waals surface area contributed by atoms with E-state index in [1.165, 1.54) is 0 Å². The molecule has 5 nitrogen and oxygen atoms in total. The monoisotopic (exact) mass is 268 g/mol. The van der Waals surface area contributed by atoms with Gasteiger partial charge in [-0.1, -0.05) is 13.0 Å². The van der Waals surface area contributed by atoms with Crippen LogP contribution in [0.1, 0.15) is 24.6 Å². The maximum atomic E-state index is 8.81. The number of benzene rings is 1. The Balaban J connectivity index is 1.92. The van der Waals surface area contributed by atoms with Crippen molar-refractivity contribution in [2.45, 2.75) is 20.0 Å². The predicted molar refractivity (Wildman–Crippen MR) is 76.3 cm³/mol. The molecule has 0 unspecified atom stereocenters. The molecule has 0 atom stereocenters. The number of anilines is 1. The lowest BCUT2D eigenvalue weighted by molar-refractivity contribution is 0.301. The molecule has 1 heterocycles. The van der Waals surface area contributed by atoms with Crippen molar-refractivity contribution in [1.82, 2.24) is 9.97 Å². The molecular formula is C15H16N4O. The summed E-state index contributed by atoms with van der Waals surface area (Å²) in [6.45, 7) is 3.30. The quantitative estimate of drug-likeness (QED) is 0.872. The van der Waals surface area contributed by atoms with Crippen LogP contribution < -0.4 is 10.1 Å². The summed E-state index contributed by atoms with van der Waals surface area (Å²) in [5, 5.41) is 12.0. The van der Waals surface area contributed by atoms with Crippen molar-refractivity contribution < 1.29 is 4.74 Å². The Labute approximate surface area is 118 Å². The van der Waals surface area contributed by atoms with E-state index in [2.05, 4.69) is 28.3 Å². The van der Waals surface area contributed by atoms with E-state index < -0.39 is 0 Å². The molecule has 0 spiro atoms. The molecule has 20 heavy (non-hydrogen) atoms. The molecule has 5 heteroatoms. The number of nitriles is 1. The van der Waals surface area contributed by atoms with Gasteiger partial charge in [-0.25, -0.2) is 4.98 Å². The number of rotatable bonds is 6. The smallest absolute Gasteiger partial charge is 0.144 e. The Kier molecular flexibility index (Phi) is 4.90. The molecule has 0 amide bonds. The minimum atomic E-state index is 0.329. The minimum Gasteiger partial charge on any atom is -0.487 e. The van der Waals surface area contributed by atoms with Gasteiger partial charge in [0.05, 0.1) is 29.7 Å². The molecule has 1 aromatic heterocycles. The van der Waals surface area contributed by atoms with E-state index >= 15 is 0 Å². The van der Waals surface area contributed by atoms with Gasteiger partial charge in [-0.2, -0.15) is 5.26 Å². The molecule has 0 radical (unpaired) electrons. The second kappa shape index (κ2) is 7.10. The fourth-order valence-corrected chi connectivity index (χ4v) is 1.59. The van der Waals surface area contributed by atoms with Crippen molar-refractivity contribution >= 4 is 5.82 Å². The maximum absolute atomic E-state index is 8.81. The lowest BCUT2D eigenvalue weighted by Gasteiger charge is -2.07. The third-order valence-corrected chi connectivity index (χ3v) is 2.61. The van der Waals surface area contributed by atoms with E-state index in [0.29, 0.717) is 17.9 Å². The molecule has 0 fully saturated rings. The van der Waals surface area contributed by atoms with E-state index in [9.17, 15) is 0 Å². The van der Waals surface area contributed by atoms with E-state index in [4.69, 9.17) is 10.00 Å². The van der Waals surface area contributed by atoms with Crippen LogP contribution in [0, 0.1) is 11.3 Å². The summed E-state index contributed by atoms with van der Waals surface area (Å²) in [5.41, 5.74) is 1.32. The average molecular weight is 268 g/mol. The molecular weight excluding hydrogens is 252 g/mol. The largest absolute Gasteiger partial charge is 0.487 e. The molecule has 2 aromatic rings. The van der Waals surface area contributed by atoms with Crippen LogP contribution in [-0.4, -0.2) is 16.5 Å². The third kappa shape index (κ3) is 3.95. The van der Waals surface area contributed by atoms with Gasteiger partial charge < -0.3 is 10.1 Å². The normalized spacial score (nSPS) is 9.80. The maximum Gasteiger partial charge on any atom is 0.144 e. The SMILES string of the molecule is CCCNc1cnc(COc2cccc(C#N)c2)cn1. The number of aromatic nitrogens is 2. The second-order valence-electron chi connectivity index (χ2n) is 4.25. The van der Waals surface area contributed by atoms with Gasteiger partial charge in [-0.15, -0.1) is 0 Å². The molecule has 1 aromatic carbocycles. The molecule has 0 bridgehead atoms. The van der Waals surface area contributed by atoms with Gasteiger partial charge in [0.1, 0.15) is 18.2 Å². The van der Waals surface area contributed by atoms with Crippen molar-refractivity contribution in [3.8, 4) is 11.8 Å². The van der Waals surface area contributed by atoms with Crippen LogP contribution in [0.15, 0.2) is 36.7 Å². The summed E-state index contributed by atoms with van der Waals surface area (Å²) in [4.78, 5) is 8.53. The van der Waals surface area contributed by atoms with Gasteiger partial charge in [0.25, 0.3) is 0 Å². The fraction of sp³-hybridized carbons (Fsp3) is 0.267. The first-order valence-corrected chi connectivity index (χ1v) is 6.49. The van der Waals surface area contributed by atoms with Crippen LogP contribution >= 0.6 is 0 Å². The number of hydrogen-bond donors (Lipinski definition) is 1. The molecule has 0 aliphatic heterocycles. The number of ether oxygens (including phenoxy) is 1. The summed E-state index contributed by atoms with van der Waals surface area (Å²) in [5.74, 6) is 1.42. The molecule has 0 saturated heterocycles. The average Bonchev–Trinajstić information content (AvgIpc) is 2.52. The summed E-state index contributed by atoms with van der Waals surface area (Å²) < 4.78 is 5.58. The Bertz CT molecular complexity index is 590. The Morgan fingerprint density at radius 3 is 2.90 bits per heavy atom. The Morgan fingerprint density at radius 2 is 2.20 bits per heavy atom. The first kappa shape index (κ1) is 13.8. The second-order valence-corrected chi connectivity index (χ2v) is 4.25. The van der Waals surface area contributed by atoms with Crippen LogP contribution in [-0.2, 0) is 6.61 Å². The van der Waals surface area contributed by atoms with Crippen LogP contribution in [0.5, 0.6) is 5.75 Å². The van der Waals surface area contributed by atoms with Gasteiger partial charge in [0.15, 0.2) is 0 Å². The zero-order chi connectivity index (χ0) is 14.2. The predicted octanol–water partition coefficient (Wildman–Crippen LogP) is 2.75. The lowest BCUT2D eigenvalue weighted by atomic mass is 10.2. The highest BCUT2D eigenvalue weighted by molar-refractivity contribution is 5.36. The van der Waals surface area contributed by atoms with E-state index in [-0.39, 0.29) is 0 Å². The fourth-order valence-electron chi connectivity index (χ4n) is 1.59. The van der Waals surface area contributed by atoms with Crippen LogP contribution in [0.3, 0.4) is 0 Å². The van der Waals surface area contributed by atoms with Gasteiger partial charge in [0, 0.05) is 6.54 Å². The molecule has 1 N–H and O–H groups in total. The van der Waals surface area contributed by atoms with Gasteiger partial charge in [0.2, 0.25) is 0 Å². The van der Waals surface area contributed by atoms with Crippen LogP contribution in [0.2, 0.25) is 0 Å². The zero-order valence-corrected chi connectivity index (χ0v) is 11.3. The van der Waals surface area contributed by atoms with E-state index in [1.807, 2.05) is 6.07 Å². The van der Waals surface area contributed by atoms with Crippen molar-refractivity contribution in [3.05, 3.63) is 47.9 Å². The summed E-state index contributed by atoms with van der Waals surface area (Å²) in [6.07, 6.45) is 4.42. The first-order chi connectivity index (χ1) is 9.81. The Morgan fingerprint density at radius 1 is 1.30 bits per heavy atom. The van der Waals surface area contributed by atoms with Crippen LogP contribution in [0.4, 0.5) is 5.82 Å². The van der Waals surface area contributed by atoms with Gasteiger partial charge >= 0.3 is 0 Å². The Hall–Kier alpha value is -2.61. The zero-order valence-electron chi connectivity index (χ0n) is 11.3. The molecule has 2 rings (SSSR count). The highest BCUT2D eigenvalue weighted by Gasteiger charge is 2.00. The lowest BCUT2D eigenvalue weighted by Crippen LogP contribution is -2.04. The molecule has 0 saturated carbocycles. The van der Waals surface area contributed by atoms with Crippen molar-refractivity contribution in [2.75, 3.05) is 11.9 Å². The van der Waals surface area contributed by atoms with Crippen molar-refractivity contribution in [1.29, 1.82) is 5.26 Å². The van der Waals surface area contributed by atoms with E-state index in [1.54, 1.807) is 30.6 Å². The van der Waals surface area contributed by atoms with Crippen LogP contribution in [0.25, 0.3) is 0 Å². The first-order valence-electron chi connectivity index (χ1n) is 6.49. The number of nitrogens with zero attached hydrogens (tertiary/aromatic N) is 3. The standard InChI is InChI=1S/C15H16N4O/c1-2-6-17-15-10-18-13(9-19-15)11-20-14-5-3-4-12(7-14)8-16/h3-5,7,9-10H,2,6,11H2,1H3,(H,17,19). The summed E-state index contributed by atoms with van der Waals surface area (Å²) in [7, 11) is 0. The summed E-state index contributed by atoms with van der Waals surface area (Å²) in [6, 6.07) is 9.11. The van der Waals surface area contributed by atoms with Gasteiger partial charge in [-0.3, -0.25) is 4.98 Å². The third-order valence-electron chi connectivity index (χ3n) is 2.61. The highest BCUT2D eigenvalue weighted by Crippen LogP contribution is 2.14. The molecule has 0 aliphatic carbocycles.